The van der Waals surface area contributed by atoms with Gasteiger partial charge in [-0.25, -0.2) is 9.67 Å². The molecule has 27 heavy (non-hydrogen) atoms. The number of hydrogen-bond donors (Lipinski definition) is 0. The van der Waals surface area contributed by atoms with E-state index >= 15 is 0 Å². The lowest BCUT2D eigenvalue weighted by atomic mass is 9.90. The van der Waals surface area contributed by atoms with Crippen molar-refractivity contribution in [2.75, 3.05) is 7.11 Å². The molecule has 4 rings (SSSR count). The van der Waals surface area contributed by atoms with Crippen molar-refractivity contribution in [1.29, 1.82) is 0 Å². The van der Waals surface area contributed by atoms with E-state index in [4.69, 9.17) is 14.8 Å². The number of para-hydroxylation sites is 2. The number of thiophene rings is 1. The van der Waals surface area contributed by atoms with Crippen LogP contribution in [0.4, 0.5) is 5.69 Å². The summed E-state index contributed by atoms with van der Waals surface area (Å²) in [5.41, 5.74) is 1.91. The molecule has 0 amide bonds. The average molecular weight is 398 g/mol. The molecule has 0 atom stereocenters. The summed E-state index contributed by atoms with van der Waals surface area (Å²) in [7, 11) is 1.68. The number of nitrogens with zero attached hydrogens (tertiary/aromatic N) is 3. The van der Waals surface area contributed by atoms with Crippen LogP contribution in [-0.4, -0.2) is 18.0 Å². The second-order valence-electron chi connectivity index (χ2n) is 6.64. The zero-order valence-electron chi connectivity index (χ0n) is 15.4. The van der Waals surface area contributed by atoms with Gasteiger partial charge in [0.15, 0.2) is 0 Å². The van der Waals surface area contributed by atoms with E-state index in [1.165, 1.54) is 37.0 Å². The van der Waals surface area contributed by atoms with E-state index in [9.17, 15) is 0 Å². The van der Waals surface area contributed by atoms with E-state index < -0.39 is 0 Å². The molecule has 0 N–H and O–H groups in total. The molecular weight excluding hydrogens is 374 g/mol. The summed E-state index contributed by atoms with van der Waals surface area (Å²) in [6.07, 6.45) is 8.57. The smallest absolute Gasteiger partial charge is 0.211 e. The number of ether oxygens (including phenoxy) is 1. The van der Waals surface area contributed by atoms with Crippen molar-refractivity contribution in [3.63, 3.8) is 0 Å². The molecule has 0 saturated heterocycles. The van der Waals surface area contributed by atoms with Gasteiger partial charge < -0.3 is 4.74 Å². The van der Waals surface area contributed by atoms with Gasteiger partial charge in [0, 0.05) is 11.6 Å². The number of methoxy groups -OCH3 is 1. The third kappa shape index (κ3) is 4.22. The molecule has 1 saturated carbocycles. The summed E-state index contributed by atoms with van der Waals surface area (Å²) < 4.78 is 7.44. The molecule has 2 aromatic heterocycles. The van der Waals surface area contributed by atoms with Gasteiger partial charge >= 0.3 is 0 Å². The molecule has 2 heterocycles. The number of benzene rings is 1. The second kappa shape index (κ2) is 8.67. The average Bonchev–Trinajstić information content (AvgIpc) is 3.37. The summed E-state index contributed by atoms with van der Waals surface area (Å²) >= 11 is 3.33. The molecule has 0 aliphatic heterocycles. The number of rotatable bonds is 5. The normalized spacial score (nSPS) is 16.3. The van der Waals surface area contributed by atoms with E-state index in [2.05, 4.69) is 29.1 Å². The maximum Gasteiger partial charge on any atom is 0.211 e. The highest BCUT2D eigenvalue weighted by molar-refractivity contribution is 7.14. The monoisotopic (exact) mass is 397 g/mol. The van der Waals surface area contributed by atoms with Crippen LogP contribution in [0.1, 0.15) is 32.1 Å². The highest BCUT2D eigenvalue weighted by Crippen LogP contribution is 2.28. The van der Waals surface area contributed by atoms with Gasteiger partial charge in [0.25, 0.3) is 0 Å². The zero-order valence-corrected chi connectivity index (χ0v) is 17.0. The van der Waals surface area contributed by atoms with Crippen molar-refractivity contribution in [3.05, 3.63) is 52.0 Å². The maximum absolute atomic E-state index is 5.46. The summed E-state index contributed by atoms with van der Waals surface area (Å²) in [4.78, 5) is 6.91. The molecule has 0 unspecified atom stereocenters. The highest BCUT2D eigenvalue weighted by Gasteiger charge is 2.13. The lowest BCUT2D eigenvalue weighted by Crippen LogP contribution is -2.14. The van der Waals surface area contributed by atoms with Crippen LogP contribution >= 0.6 is 22.7 Å². The lowest BCUT2D eigenvalue weighted by Gasteiger charge is -2.16. The summed E-state index contributed by atoms with van der Waals surface area (Å²) in [6.45, 7) is 0. The molecule has 0 spiro atoms. The Kier molecular flexibility index (Phi) is 5.84. The van der Waals surface area contributed by atoms with Crippen molar-refractivity contribution in [1.82, 2.24) is 4.68 Å². The largest absolute Gasteiger partial charge is 0.494 e. The second-order valence-corrected chi connectivity index (χ2v) is 8.42. The first kappa shape index (κ1) is 18.2. The van der Waals surface area contributed by atoms with Crippen molar-refractivity contribution in [2.24, 2.45) is 16.0 Å². The first-order chi connectivity index (χ1) is 13.3. The quantitative estimate of drug-likeness (QED) is 0.492. The van der Waals surface area contributed by atoms with Gasteiger partial charge in [-0.15, -0.1) is 22.7 Å². The van der Waals surface area contributed by atoms with Crippen LogP contribution in [0.15, 0.2) is 57.3 Å². The number of hydrogen-bond acceptors (Lipinski definition) is 5. The van der Waals surface area contributed by atoms with Crippen molar-refractivity contribution >= 4 is 34.6 Å². The Hall–Kier alpha value is -2.18. The van der Waals surface area contributed by atoms with E-state index in [1.807, 2.05) is 28.9 Å². The van der Waals surface area contributed by atoms with Gasteiger partial charge in [0.05, 0.1) is 17.7 Å². The lowest BCUT2D eigenvalue weighted by molar-refractivity contribution is 0.416. The van der Waals surface area contributed by atoms with Crippen molar-refractivity contribution < 1.29 is 4.74 Å². The van der Waals surface area contributed by atoms with E-state index in [0.717, 1.165) is 21.9 Å². The molecule has 1 fully saturated rings. The fourth-order valence-corrected chi connectivity index (χ4v) is 4.99. The molecule has 1 aromatic carbocycles. The van der Waals surface area contributed by atoms with Crippen molar-refractivity contribution in [2.45, 2.75) is 32.1 Å². The molecule has 0 bridgehead atoms. The Morgan fingerprint density at radius 2 is 1.93 bits per heavy atom. The predicted octanol–water partition coefficient (Wildman–Crippen LogP) is 5.93. The third-order valence-electron chi connectivity index (χ3n) is 4.80. The van der Waals surface area contributed by atoms with Crippen LogP contribution in [0.5, 0.6) is 5.75 Å². The van der Waals surface area contributed by atoms with Crippen LogP contribution in [0.3, 0.4) is 0 Å². The predicted molar refractivity (Wildman–Crippen MR) is 114 cm³/mol. The molecule has 1 aliphatic carbocycles. The number of aromatic nitrogens is 1. The Labute approximate surface area is 167 Å². The van der Waals surface area contributed by atoms with Crippen LogP contribution in [0.25, 0.3) is 10.6 Å². The van der Waals surface area contributed by atoms with Gasteiger partial charge in [0.2, 0.25) is 4.80 Å². The Morgan fingerprint density at radius 1 is 1.07 bits per heavy atom. The molecule has 3 aromatic rings. The summed E-state index contributed by atoms with van der Waals surface area (Å²) in [5.74, 6) is 1.34. The van der Waals surface area contributed by atoms with Crippen LogP contribution in [0.2, 0.25) is 0 Å². The van der Waals surface area contributed by atoms with Gasteiger partial charge in [-0.2, -0.15) is 5.10 Å². The molecular formula is C21H23N3OS2. The van der Waals surface area contributed by atoms with Crippen LogP contribution < -0.4 is 9.54 Å². The highest BCUT2D eigenvalue weighted by atomic mass is 32.1. The summed E-state index contributed by atoms with van der Waals surface area (Å²) in [5, 5.41) is 9.11. The number of thiazole rings is 1. The molecule has 6 heteroatoms. The van der Waals surface area contributed by atoms with E-state index in [0.29, 0.717) is 5.92 Å². The minimum Gasteiger partial charge on any atom is -0.494 e. The third-order valence-corrected chi connectivity index (χ3v) is 6.51. The molecule has 140 valence electrons. The van der Waals surface area contributed by atoms with E-state index in [-0.39, 0.29) is 0 Å². The fourth-order valence-electron chi connectivity index (χ4n) is 3.35. The van der Waals surface area contributed by atoms with Gasteiger partial charge in [-0.05, 0) is 42.3 Å². The standard InChI is InChI=1S/C21H23N3OS2/c1-25-19-11-6-5-10-17(19)23-21-24(22-14-16-8-3-2-4-9-16)18(15-27-21)20-12-7-13-26-20/h5-7,10-16H,2-4,8-9H2,1H3. The Balaban J connectivity index is 1.77. The molecule has 4 nitrogen and oxygen atoms in total. The minimum absolute atomic E-state index is 0.571. The van der Waals surface area contributed by atoms with Crippen LogP contribution in [-0.2, 0) is 0 Å². The fraction of sp³-hybridized carbons (Fsp3) is 0.333. The SMILES string of the molecule is COc1ccccc1N=c1scc(-c2cccs2)n1N=CC1CCCCC1. The van der Waals surface area contributed by atoms with Gasteiger partial charge in [-0.1, -0.05) is 37.5 Å². The first-order valence-electron chi connectivity index (χ1n) is 9.32. The van der Waals surface area contributed by atoms with Gasteiger partial charge in [0.1, 0.15) is 11.4 Å². The maximum atomic E-state index is 5.46. The van der Waals surface area contributed by atoms with E-state index in [1.54, 1.807) is 29.8 Å². The topological polar surface area (TPSA) is 38.9 Å². The minimum atomic E-state index is 0.571. The van der Waals surface area contributed by atoms with Crippen molar-refractivity contribution in [3.8, 4) is 16.3 Å². The summed E-state index contributed by atoms with van der Waals surface area (Å²) in [6, 6.07) is 12.0. The first-order valence-corrected chi connectivity index (χ1v) is 11.1. The molecule has 1 aliphatic rings. The Bertz CT molecular complexity index is 963. The Morgan fingerprint density at radius 3 is 2.70 bits per heavy atom. The van der Waals surface area contributed by atoms with Crippen LogP contribution in [0, 0.1) is 5.92 Å². The molecule has 0 radical (unpaired) electrons. The van der Waals surface area contributed by atoms with Gasteiger partial charge in [-0.3, -0.25) is 0 Å². The zero-order chi connectivity index (χ0) is 18.5.